The highest BCUT2D eigenvalue weighted by Crippen LogP contribution is 2.24. The molecule has 21 heavy (non-hydrogen) atoms. The number of pyridine rings is 1. The summed E-state index contributed by atoms with van der Waals surface area (Å²) in [7, 11) is 1.20. The molecule has 8 heteroatoms. The maximum atomic E-state index is 11.4. The topological polar surface area (TPSA) is 101 Å². The fraction of sp³-hybridized carbons (Fsp3) is 0.538. The van der Waals surface area contributed by atoms with Gasteiger partial charge in [-0.25, -0.2) is 9.78 Å². The van der Waals surface area contributed by atoms with E-state index in [1.807, 2.05) is 6.92 Å². The summed E-state index contributed by atoms with van der Waals surface area (Å²) in [6.07, 6.45) is 1.96. The molecule has 0 bridgehead atoms. The molecule has 1 aromatic heterocycles. The predicted molar refractivity (Wildman–Crippen MR) is 73.5 cm³/mol. The Labute approximate surface area is 122 Å². The minimum Gasteiger partial charge on any atom is -0.470 e. The molecule has 0 N–H and O–H groups in total. The van der Waals surface area contributed by atoms with Crippen molar-refractivity contribution in [3.05, 3.63) is 27.9 Å². The van der Waals surface area contributed by atoms with Gasteiger partial charge in [0.15, 0.2) is 5.69 Å². The highest BCUT2D eigenvalue weighted by atomic mass is 16.6. The molecule has 0 atom stereocenters. The second-order valence-electron chi connectivity index (χ2n) is 4.08. The summed E-state index contributed by atoms with van der Waals surface area (Å²) in [4.78, 5) is 25.4. The SMILES string of the molecule is CCCCOCCOc1nc(C(=O)OC)ccc1[N+](=O)[O-]. The number of carbonyl (C=O) groups is 1. The first-order valence-corrected chi connectivity index (χ1v) is 6.54. The number of hydrogen-bond donors (Lipinski definition) is 0. The molecule has 0 saturated carbocycles. The molecule has 8 nitrogen and oxygen atoms in total. The summed E-state index contributed by atoms with van der Waals surface area (Å²) in [5.41, 5.74) is -0.360. The molecule has 0 aliphatic carbocycles. The Kier molecular flexibility index (Phi) is 7.10. The number of rotatable bonds is 9. The molecule has 0 unspecified atom stereocenters. The largest absolute Gasteiger partial charge is 0.470 e. The second-order valence-corrected chi connectivity index (χ2v) is 4.08. The van der Waals surface area contributed by atoms with Crippen LogP contribution >= 0.6 is 0 Å². The molecule has 0 fully saturated rings. The predicted octanol–water partition coefficient (Wildman–Crippen LogP) is 1.97. The molecular weight excluding hydrogens is 280 g/mol. The van der Waals surface area contributed by atoms with E-state index in [2.05, 4.69) is 9.72 Å². The summed E-state index contributed by atoms with van der Waals surface area (Å²) in [6, 6.07) is 2.38. The number of methoxy groups -OCH3 is 1. The Morgan fingerprint density at radius 2 is 2.10 bits per heavy atom. The van der Waals surface area contributed by atoms with Gasteiger partial charge in [-0.15, -0.1) is 0 Å². The van der Waals surface area contributed by atoms with Crippen molar-refractivity contribution in [2.75, 3.05) is 26.9 Å². The quantitative estimate of drug-likeness (QED) is 0.297. The van der Waals surface area contributed by atoms with Crippen LogP contribution in [0.4, 0.5) is 5.69 Å². The third-order valence-electron chi connectivity index (χ3n) is 2.54. The van der Waals surface area contributed by atoms with Crippen molar-refractivity contribution in [3.8, 4) is 5.88 Å². The number of unbranched alkanes of at least 4 members (excludes halogenated alkanes) is 1. The van der Waals surface area contributed by atoms with Crippen molar-refractivity contribution in [2.45, 2.75) is 19.8 Å². The van der Waals surface area contributed by atoms with Gasteiger partial charge in [-0.2, -0.15) is 0 Å². The first kappa shape index (κ1) is 16.8. The molecule has 0 saturated heterocycles. The number of nitrogens with zero attached hydrogens (tertiary/aromatic N) is 2. The minimum atomic E-state index is -0.686. The van der Waals surface area contributed by atoms with Gasteiger partial charge in [0.2, 0.25) is 0 Å². The third kappa shape index (κ3) is 5.35. The van der Waals surface area contributed by atoms with Crippen molar-refractivity contribution >= 4 is 11.7 Å². The number of nitro groups is 1. The molecule has 1 heterocycles. The van der Waals surface area contributed by atoms with Crippen molar-refractivity contribution in [3.63, 3.8) is 0 Å². The van der Waals surface area contributed by atoms with Gasteiger partial charge in [0, 0.05) is 12.7 Å². The molecule has 116 valence electrons. The van der Waals surface area contributed by atoms with Crippen LogP contribution in [0.3, 0.4) is 0 Å². The van der Waals surface area contributed by atoms with Crippen LogP contribution in [0.1, 0.15) is 30.3 Å². The normalized spacial score (nSPS) is 10.2. The maximum absolute atomic E-state index is 11.4. The van der Waals surface area contributed by atoms with Gasteiger partial charge < -0.3 is 14.2 Å². The van der Waals surface area contributed by atoms with E-state index in [0.29, 0.717) is 13.2 Å². The lowest BCUT2D eigenvalue weighted by atomic mass is 10.3. The number of carbonyl (C=O) groups excluding carboxylic acids is 1. The number of hydrogen-bond acceptors (Lipinski definition) is 7. The highest BCUT2D eigenvalue weighted by Gasteiger charge is 2.20. The molecule has 0 amide bonds. The zero-order chi connectivity index (χ0) is 15.7. The van der Waals surface area contributed by atoms with Gasteiger partial charge >= 0.3 is 11.7 Å². The molecule has 0 radical (unpaired) electrons. The Bertz CT molecular complexity index is 492. The van der Waals surface area contributed by atoms with Gasteiger partial charge in [0.1, 0.15) is 6.61 Å². The Hall–Kier alpha value is -2.22. The lowest BCUT2D eigenvalue weighted by Crippen LogP contribution is -2.11. The molecule has 0 aromatic carbocycles. The second kappa shape index (κ2) is 8.85. The molecule has 0 aliphatic rings. The molecular formula is C13H18N2O6. The van der Waals surface area contributed by atoms with Crippen LogP contribution in [0, 0.1) is 10.1 Å². The van der Waals surface area contributed by atoms with Gasteiger partial charge in [-0.05, 0) is 12.5 Å². The highest BCUT2D eigenvalue weighted by molar-refractivity contribution is 5.87. The van der Waals surface area contributed by atoms with Crippen molar-refractivity contribution in [1.82, 2.24) is 4.98 Å². The van der Waals surface area contributed by atoms with Crippen LogP contribution in [0.2, 0.25) is 0 Å². The summed E-state index contributed by atoms with van der Waals surface area (Å²) in [5.74, 6) is -0.907. The van der Waals surface area contributed by atoms with E-state index < -0.39 is 10.9 Å². The smallest absolute Gasteiger partial charge is 0.356 e. The zero-order valence-electron chi connectivity index (χ0n) is 12.0. The van der Waals surface area contributed by atoms with Crippen molar-refractivity contribution in [1.29, 1.82) is 0 Å². The van der Waals surface area contributed by atoms with Crippen LogP contribution in [0.25, 0.3) is 0 Å². The van der Waals surface area contributed by atoms with E-state index in [4.69, 9.17) is 9.47 Å². The Balaban J connectivity index is 2.68. The van der Waals surface area contributed by atoms with E-state index in [9.17, 15) is 14.9 Å². The van der Waals surface area contributed by atoms with Crippen molar-refractivity contribution in [2.24, 2.45) is 0 Å². The fourth-order valence-corrected chi connectivity index (χ4v) is 1.44. The van der Waals surface area contributed by atoms with Gasteiger partial charge in [0.05, 0.1) is 18.6 Å². The van der Waals surface area contributed by atoms with Crippen molar-refractivity contribution < 1.29 is 23.9 Å². The summed E-state index contributed by atoms with van der Waals surface area (Å²) in [6.45, 7) is 3.06. The lowest BCUT2D eigenvalue weighted by Gasteiger charge is -2.07. The lowest BCUT2D eigenvalue weighted by molar-refractivity contribution is -0.386. The zero-order valence-corrected chi connectivity index (χ0v) is 12.0. The number of esters is 1. The van der Waals surface area contributed by atoms with E-state index in [1.165, 1.54) is 13.2 Å². The van der Waals surface area contributed by atoms with E-state index in [1.54, 1.807) is 0 Å². The molecule has 0 aliphatic heterocycles. The fourth-order valence-electron chi connectivity index (χ4n) is 1.44. The Morgan fingerprint density at radius 1 is 1.33 bits per heavy atom. The minimum absolute atomic E-state index is 0.0509. The number of ether oxygens (including phenoxy) is 3. The third-order valence-corrected chi connectivity index (χ3v) is 2.54. The van der Waals surface area contributed by atoms with Crippen LogP contribution in [-0.4, -0.2) is 42.8 Å². The van der Waals surface area contributed by atoms with E-state index in [-0.39, 0.29) is 23.9 Å². The first-order valence-electron chi connectivity index (χ1n) is 6.54. The summed E-state index contributed by atoms with van der Waals surface area (Å²) in [5, 5.41) is 10.9. The van der Waals surface area contributed by atoms with Crippen LogP contribution in [0.15, 0.2) is 12.1 Å². The van der Waals surface area contributed by atoms with Crippen LogP contribution in [0.5, 0.6) is 5.88 Å². The van der Waals surface area contributed by atoms with Gasteiger partial charge in [-0.3, -0.25) is 10.1 Å². The van der Waals surface area contributed by atoms with Gasteiger partial charge in [-0.1, -0.05) is 13.3 Å². The average molecular weight is 298 g/mol. The first-order chi connectivity index (χ1) is 10.1. The van der Waals surface area contributed by atoms with Gasteiger partial charge in [0.25, 0.3) is 5.88 Å². The molecule has 0 spiro atoms. The monoisotopic (exact) mass is 298 g/mol. The van der Waals surface area contributed by atoms with Crippen LogP contribution in [-0.2, 0) is 9.47 Å². The van der Waals surface area contributed by atoms with E-state index >= 15 is 0 Å². The summed E-state index contributed by atoms with van der Waals surface area (Å²) < 4.78 is 15.0. The maximum Gasteiger partial charge on any atom is 0.356 e. The van der Waals surface area contributed by atoms with Crippen LogP contribution < -0.4 is 4.74 Å². The average Bonchev–Trinajstić information content (AvgIpc) is 2.49. The number of aromatic nitrogens is 1. The molecule has 1 rings (SSSR count). The standard InChI is InChI=1S/C13H18N2O6/c1-3-4-7-20-8-9-21-12-11(15(17)18)6-5-10(14-12)13(16)19-2/h5-6H,3-4,7-9H2,1-2H3. The summed E-state index contributed by atoms with van der Waals surface area (Å²) >= 11 is 0. The molecule has 1 aromatic rings. The van der Waals surface area contributed by atoms with E-state index in [0.717, 1.165) is 18.9 Å². The Morgan fingerprint density at radius 3 is 2.71 bits per heavy atom.